The highest BCUT2D eigenvalue weighted by Gasteiger charge is 2.44. The van der Waals surface area contributed by atoms with Crippen LogP contribution in [0.1, 0.15) is 49.2 Å². The van der Waals surface area contributed by atoms with Crippen LogP contribution in [0.25, 0.3) is 0 Å². The highest BCUT2D eigenvalue weighted by molar-refractivity contribution is 6.31. The summed E-state index contributed by atoms with van der Waals surface area (Å²) in [6.07, 6.45) is 3.45. The molecule has 7 heteroatoms. The Morgan fingerprint density at radius 3 is 2.59 bits per heavy atom. The normalized spacial score (nSPS) is 18.2. The van der Waals surface area contributed by atoms with Crippen molar-refractivity contribution in [2.24, 2.45) is 0 Å². The molecule has 6 nitrogen and oxygen atoms in total. The summed E-state index contributed by atoms with van der Waals surface area (Å²) in [5, 5.41) is 0.612. The lowest BCUT2D eigenvalue weighted by Crippen LogP contribution is -2.39. The van der Waals surface area contributed by atoms with Gasteiger partial charge >= 0.3 is 6.03 Å². The Morgan fingerprint density at radius 1 is 1.14 bits per heavy atom. The van der Waals surface area contributed by atoms with Gasteiger partial charge in [0.15, 0.2) is 0 Å². The second kappa shape index (κ2) is 7.02. The average molecular weight is 413 g/mol. The number of carbonyl (C=O) groups is 2. The van der Waals surface area contributed by atoms with Gasteiger partial charge in [-0.3, -0.25) is 14.7 Å². The van der Waals surface area contributed by atoms with Crippen LogP contribution in [-0.4, -0.2) is 45.9 Å². The molecular formula is C22H25ClN4O2. The van der Waals surface area contributed by atoms with Gasteiger partial charge in [0.2, 0.25) is 0 Å². The lowest BCUT2D eigenvalue weighted by atomic mass is 9.93. The van der Waals surface area contributed by atoms with E-state index in [1.807, 2.05) is 49.6 Å². The molecule has 2 aliphatic heterocycles. The van der Waals surface area contributed by atoms with Crippen LogP contribution in [0.5, 0.6) is 0 Å². The van der Waals surface area contributed by atoms with Crippen LogP contribution in [0.4, 0.5) is 10.5 Å². The Morgan fingerprint density at radius 2 is 1.90 bits per heavy atom. The molecule has 0 saturated carbocycles. The fourth-order valence-corrected chi connectivity index (χ4v) is 4.45. The van der Waals surface area contributed by atoms with E-state index in [1.165, 1.54) is 0 Å². The Hall–Kier alpha value is -2.60. The molecule has 0 spiro atoms. The van der Waals surface area contributed by atoms with E-state index in [1.54, 1.807) is 29.4 Å². The summed E-state index contributed by atoms with van der Waals surface area (Å²) >= 11 is 6.18. The van der Waals surface area contributed by atoms with Crippen molar-refractivity contribution >= 4 is 29.2 Å². The fourth-order valence-electron chi connectivity index (χ4n) is 4.27. The van der Waals surface area contributed by atoms with Crippen LogP contribution < -0.4 is 4.90 Å². The molecule has 1 aromatic heterocycles. The highest BCUT2D eigenvalue weighted by Crippen LogP contribution is 2.42. The minimum absolute atomic E-state index is 0.0463. The first-order chi connectivity index (χ1) is 13.7. The Kier molecular flexibility index (Phi) is 4.77. The quantitative estimate of drug-likeness (QED) is 0.753. The number of benzene rings is 1. The molecule has 0 aliphatic carbocycles. The number of hydrogen-bond donors (Lipinski definition) is 0. The zero-order valence-electron chi connectivity index (χ0n) is 17.1. The highest BCUT2D eigenvalue weighted by atomic mass is 35.5. The van der Waals surface area contributed by atoms with E-state index in [0.29, 0.717) is 23.7 Å². The van der Waals surface area contributed by atoms with Crippen LogP contribution in [-0.2, 0) is 12.1 Å². The number of nitrogens with zero attached hydrogens (tertiary/aromatic N) is 4. The topological polar surface area (TPSA) is 56.8 Å². The number of rotatable bonds is 4. The average Bonchev–Trinajstić information content (AvgIpc) is 3.11. The number of urea groups is 1. The van der Waals surface area contributed by atoms with E-state index in [4.69, 9.17) is 11.6 Å². The maximum absolute atomic E-state index is 13.1. The molecule has 0 atom stereocenters. The van der Waals surface area contributed by atoms with Gasteiger partial charge in [-0.05, 0) is 63.1 Å². The third-order valence-corrected chi connectivity index (χ3v) is 6.03. The van der Waals surface area contributed by atoms with E-state index in [2.05, 4.69) is 4.98 Å². The van der Waals surface area contributed by atoms with Gasteiger partial charge in [-0.2, -0.15) is 0 Å². The van der Waals surface area contributed by atoms with Gasteiger partial charge in [0.05, 0.1) is 17.4 Å². The van der Waals surface area contributed by atoms with Gasteiger partial charge in [-0.15, -0.1) is 0 Å². The molecule has 2 aliphatic rings. The van der Waals surface area contributed by atoms with Gasteiger partial charge < -0.3 is 9.80 Å². The molecule has 2 aromatic rings. The number of pyridine rings is 1. The fraction of sp³-hybridized carbons (Fsp3) is 0.409. The molecule has 3 heterocycles. The van der Waals surface area contributed by atoms with Crippen molar-refractivity contribution in [1.29, 1.82) is 0 Å². The maximum atomic E-state index is 13.1. The van der Waals surface area contributed by atoms with Crippen LogP contribution in [0.2, 0.25) is 5.02 Å². The lowest BCUT2D eigenvalue weighted by molar-refractivity contribution is 0.0982. The third kappa shape index (κ3) is 3.25. The summed E-state index contributed by atoms with van der Waals surface area (Å²) in [7, 11) is 0. The molecule has 0 unspecified atom stereocenters. The molecule has 4 rings (SSSR count). The summed E-state index contributed by atoms with van der Waals surface area (Å²) in [5.74, 6) is -0.0659. The zero-order valence-corrected chi connectivity index (χ0v) is 17.9. The number of fused-ring (bicyclic) bond motifs is 1. The van der Waals surface area contributed by atoms with Gasteiger partial charge in [0.1, 0.15) is 0 Å². The van der Waals surface area contributed by atoms with Crippen molar-refractivity contribution in [3.63, 3.8) is 0 Å². The van der Waals surface area contributed by atoms with Crippen LogP contribution in [0.3, 0.4) is 0 Å². The third-order valence-electron chi connectivity index (χ3n) is 5.80. The van der Waals surface area contributed by atoms with Gasteiger partial charge in [-0.25, -0.2) is 4.79 Å². The van der Waals surface area contributed by atoms with Crippen molar-refractivity contribution in [3.8, 4) is 0 Å². The predicted molar refractivity (Wildman–Crippen MR) is 113 cm³/mol. The van der Waals surface area contributed by atoms with Crippen molar-refractivity contribution < 1.29 is 9.59 Å². The largest absolute Gasteiger partial charge is 0.320 e. The summed E-state index contributed by atoms with van der Waals surface area (Å²) in [6.45, 7) is 9.96. The lowest BCUT2D eigenvalue weighted by Gasteiger charge is -2.32. The van der Waals surface area contributed by atoms with Crippen LogP contribution in [0, 0.1) is 0 Å². The zero-order chi connectivity index (χ0) is 20.9. The summed E-state index contributed by atoms with van der Waals surface area (Å²) in [6, 6.07) is 7.56. The number of hydrogen-bond acceptors (Lipinski definition) is 3. The van der Waals surface area contributed by atoms with Crippen molar-refractivity contribution in [3.05, 3.63) is 58.4 Å². The van der Waals surface area contributed by atoms with E-state index >= 15 is 0 Å². The van der Waals surface area contributed by atoms with E-state index in [9.17, 15) is 9.59 Å². The van der Waals surface area contributed by atoms with Gasteiger partial charge in [-0.1, -0.05) is 11.6 Å². The van der Waals surface area contributed by atoms with Crippen LogP contribution in [0.15, 0.2) is 36.7 Å². The minimum atomic E-state index is -0.546. The van der Waals surface area contributed by atoms with E-state index in [-0.39, 0.29) is 18.0 Å². The number of halogens is 1. The summed E-state index contributed by atoms with van der Waals surface area (Å²) < 4.78 is 0. The molecule has 1 saturated heterocycles. The Labute approximate surface area is 176 Å². The van der Waals surface area contributed by atoms with E-state index in [0.717, 1.165) is 23.4 Å². The molecule has 0 radical (unpaired) electrons. The van der Waals surface area contributed by atoms with E-state index < -0.39 is 5.54 Å². The van der Waals surface area contributed by atoms with Gasteiger partial charge in [0.25, 0.3) is 5.91 Å². The summed E-state index contributed by atoms with van der Waals surface area (Å²) in [4.78, 5) is 35.5. The second-order valence-electron chi connectivity index (χ2n) is 8.43. The maximum Gasteiger partial charge on any atom is 0.320 e. The predicted octanol–water partition coefficient (Wildman–Crippen LogP) is 4.28. The monoisotopic (exact) mass is 412 g/mol. The summed E-state index contributed by atoms with van der Waals surface area (Å²) in [5.41, 5.74) is 2.64. The standard InChI is InChI=1S/C22H25ClN4O2/c1-14(2)26-8-7-25(21(26)29)13-15-9-17(12-24-11-15)27-20(28)18-6-5-16(23)10-19(18)22(27,3)4/h5-6,9-12,14H,7-8,13H2,1-4H3. The first kappa shape index (κ1) is 19.7. The molecule has 29 heavy (non-hydrogen) atoms. The second-order valence-corrected chi connectivity index (χ2v) is 8.87. The SMILES string of the molecule is CC(C)N1CCN(Cc2cncc(N3C(=O)c4ccc(Cl)cc4C3(C)C)c2)C1=O. The molecule has 0 bridgehead atoms. The molecular weight excluding hydrogens is 388 g/mol. The van der Waals surface area contributed by atoms with Crippen molar-refractivity contribution in [2.75, 3.05) is 18.0 Å². The number of amides is 3. The van der Waals surface area contributed by atoms with Crippen molar-refractivity contribution in [1.82, 2.24) is 14.8 Å². The van der Waals surface area contributed by atoms with Gasteiger partial charge in [0, 0.05) is 42.5 Å². The number of aromatic nitrogens is 1. The number of carbonyl (C=O) groups excluding carboxylic acids is 2. The molecule has 3 amide bonds. The smallest absolute Gasteiger partial charge is 0.320 e. The molecule has 0 N–H and O–H groups in total. The number of anilines is 1. The minimum Gasteiger partial charge on any atom is -0.320 e. The van der Waals surface area contributed by atoms with Crippen LogP contribution >= 0.6 is 11.6 Å². The Bertz CT molecular complexity index is 989. The first-order valence-electron chi connectivity index (χ1n) is 9.84. The first-order valence-corrected chi connectivity index (χ1v) is 10.2. The van der Waals surface area contributed by atoms with Crippen molar-refractivity contribution in [2.45, 2.75) is 45.8 Å². The molecule has 1 aromatic carbocycles. The molecule has 152 valence electrons. The molecule has 1 fully saturated rings. The Balaban J connectivity index is 1.61.